The van der Waals surface area contributed by atoms with E-state index in [0.29, 0.717) is 26.2 Å². The van der Waals surface area contributed by atoms with Gasteiger partial charge < -0.3 is 19.9 Å². The highest BCUT2D eigenvalue weighted by Gasteiger charge is 2.12. The van der Waals surface area contributed by atoms with E-state index in [9.17, 15) is 5.11 Å². The van der Waals surface area contributed by atoms with Crippen LogP contribution < -0.4 is 14.8 Å². The zero-order valence-corrected chi connectivity index (χ0v) is 12.3. The summed E-state index contributed by atoms with van der Waals surface area (Å²) < 4.78 is 11.1. The Hall–Kier alpha value is -1.42. The molecule has 1 aromatic rings. The molecule has 0 radical (unpaired) electrons. The lowest BCUT2D eigenvalue weighted by Crippen LogP contribution is -2.22. The molecular formula is C15H25NO3. The maximum atomic E-state index is 9.66. The largest absolute Gasteiger partial charge is 0.490 e. The molecule has 0 saturated carbocycles. The van der Waals surface area contributed by atoms with Crippen molar-refractivity contribution >= 4 is 5.69 Å². The Morgan fingerprint density at radius 1 is 1.11 bits per heavy atom. The molecule has 0 fully saturated rings. The van der Waals surface area contributed by atoms with Gasteiger partial charge in [-0.1, -0.05) is 0 Å². The molecule has 108 valence electrons. The van der Waals surface area contributed by atoms with Gasteiger partial charge in [0.2, 0.25) is 0 Å². The summed E-state index contributed by atoms with van der Waals surface area (Å²) in [5.74, 6) is 1.51. The minimum Gasteiger partial charge on any atom is -0.490 e. The third kappa shape index (κ3) is 5.83. The number of benzene rings is 1. The monoisotopic (exact) mass is 267 g/mol. The van der Waals surface area contributed by atoms with Crippen LogP contribution in [0, 0.1) is 0 Å². The normalized spacial score (nSPS) is 11.2. The fourth-order valence-corrected chi connectivity index (χ4v) is 1.67. The van der Waals surface area contributed by atoms with E-state index >= 15 is 0 Å². The van der Waals surface area contributed by atoms with Gasteiger partial charge in [-0.3, -0.25) is 0 Å². The summed E-state index contributed by atoms with van der Waals surface area (Å²) in [6.45, 7) is 9.44. The van der Waals surface area contributed by atoms with Crippen LogP contribution in [0.2, 0.25) is 0 Å². The molecule has 4 nitrogen and oxygen atoms in total. The number of aliphatic hydroxyl groups is 1. The summed E-state index contributed by atoms with van der Waals surface area (Å²) in [6, 6.07) is 5.79. The van der Waals surface area contributed by atoms with Crippen molar-refractivity contribution in [2.24, 2.45) is 0 Å². The molecule has 0 bridgehead atoms. The molecule has 0 aromatic heterocycles. The van der Waals surface area contributed by atoms with Crippen LogP contribution in [0.4, 0.5) is 5.69 Å². The SMILES string of the molecule is CCOc1ccc(NCCC(C)(C)O)cc1OCC. The summed E-state index contributed by atoms with van der Waals surface area (Å²) in [7, 11) is 0. The molecule has 0 heterocycles. The maximum Gasteiger partial charge on any atom is 0.163 e. The number of hydrogen-bond acceptors (Lipinski definition) is 4. The first-order valence-corrected chi connectivity index (χ1v) is 6.82. The van der Waals surface area contributed by atoms with Crippen LogP contribution in [0.15, 0.2) is 18.2 Å². The van der Waals surface area contributed by atoms with Gasteiger partial charge >= 0.3 is 0 Å². The Labute approximate surface area is 115 Å². The molecule has 0 aliphatic carbocycles. The molecule has 0 aliphatic rings. The van der Waals surface area contributed by atoms with Crippen LogP contribution in [0.3, 0.4) is 0 Å². The van der Waals surface area contributed by atoms with E-state index in [1.165, 1.54) is 0 Å². The molecule has 4 heteroatoms. The number of ether oxygens (including phenoxy) is 2. The van der Waals surface area contributed by atoms with E-state index in [1.807, 2.05) is 32.0 Å². The van der Waals surface area contributed by atoms with Crippen molar-refractivity contribution in [2.45, 2.75) is 39.7 Å². The van der Waals surface area contributed by atoms with Crippen LogP contribution in [-0.4, -0.2) is 30.5 Å². The van der Waals surface area contributed by atoms with Crippen LogP contribution in [0.25, 0.3) is 0 Å². The van der Waals surface area contributed by atoms with Gasteiger partial charge in [0.15, 0.2) is 11.5 Å². The molecule has 0 aliphatic heterocycles. The third-order valence-electron chi connectivity index (χ3n) is 2.61. The van der Waals surface area contributed by atoms with Crippen molar-refractivity contribution in [2.75, 3.05) is 25.1 Å². The minimum atomic E-state index is -0.652. The van der Waals surface area contributed by atoms with Gasteiger partial charge in [0.25, 0.3) is 0 Å². The van der Waals surface area contributed by atoms with Gasteiger partial charge in [0, 0.05) is 18.3 Å². The second-order valence-electron chi connectivity index (χ2n) is 5.02. The van der Waals surface area contributed by atoms with Crippen molar-refractivity contribution in [1.82, 2.24) is 0 Å². The highest BCUT2D eigenvalue weighted by Crippen LogP contribution is 2.30. The summed E-state index contributed by atoms with van der Waals surface area (Å²) in [6.07, 6.45) is 0.685. The highest BCUT2D eigenvalue weighted by atomic mass is 16.5. The molecule has 2 N–H and O–H groups in total. The Balaban J connectivity index is 2.66. The van der Waals surface area contributed by atoms with Crippen LogP contribution >= 0.6 is 0 Å². The predicted octanol–water partition coefficient (Wildman–Crippen LogP) is 3.06. The lowest BCUT2D eigenvalue weighted by molar-refractivity contribution is 0.0749. The lowest BCUT2D eigenvalue weighted by Gasteiger charge is -2.18. The topological polar surface area (TPSA) is 50.7 Å². The van der Waals surface area contributed by atoms with Crippen molar-refractivity contribution in [1.29, 1.82) is 0 Å². The van der Waals surface area contributed by atoms with Crippen molar-refractivity contribution in [3.63, 3.8) is 0 Å². The quantitative estimate of drug-likeness (QED) is 0.760. The van der Waals surface area contributed by atoms with Crippen LogP contribution in [0.1, 0.15) is 34.1 Å². The molecule has 0 saturated heterocycles. The fraction of sp³-hybridized carbons (Fsp3) is 0.600. The average Bonchev–Trinajstić information content (AvgIpc) is 2.31. The minimum absolute atomic E-state index is 0.604. The van der Waals surface area contributed by atoms with Gasteiger partial charge in [-0.05, 0) is 46.2 Å². The first-order chi connectivity index (χ1) is 8.96. The number of hydrogen-bond donors (Lipinski definition) is 2. The maximum absolute atomic E-state index is 9.66. The first kappa shape index (κ1) is 15.6. The Kier molecular flexibility index (Phi) is 5.96. The molecule has 0 unspecified atom stereocenters. The molecular weight excluding hydrogens is 242 g/mol. The van der Waals surface area contributed by atoms with Crippen molar-refractivity contribution in [3.05, 3.63) is 18.2 Å². The molecule has 0 amide bonds. The smallest absolute Gasteiger partial charge is 0.163 e. The van der Waals surface area contributed by atoms with Crippen LogP contribution in [0.5, 0.6) is 11.5 Å². The van der Waals surface area contributed by atoms with Gasteiger partial charge in [-0.2, -0.15) is 0 Å². The van der Waals surface area contributed by atoms with E-state index in [4.69, 9.17) is 9.47 Å². The van der Waals surface area contributed by atoms with E-state index < -0.39 is 5.60 Å². The van der Waals surface area contributed by atoms with E-state index in [1.54, 1.807) is 13.8 Å². The van der Waals surface area contributed by atoms with Gasteiger partial charge in [-0.15, -0.1) is 0 Å². The lowest BCUT2D eigenvalue weighted by atomic mass is 10.1. The molecule has 0 atom stereocenters. The average molecular weight is 267 g/mol. The van der Waals surface area contributed by atoms with Gasteiger partial charge in [0.1, 0.15) is 0 Å². The molecule has 19 heavy (non-hydrogen) atoms. The summed E-state index contributed by atoms with van der Waals surface area (Å²) in [4.78, 5) is 0. The highest BCUT2D eigenvalue weighted by molar-refractivity contribution is 5.54. The summed E-state index contributed by atoms with van der Waals surface area (Å²) in [5, 5.41) is 12.9. The predicted molar refractivity (Wildman–Crippen MR) is 78.2 cm³/mol. The van der Waals surface area contributed by atoms with Crippen molar-refractivity contribution < 1.29 is 14.6 Å². The van der Waals surface area contributed by atoms with Gasteiger partial charge in [-0.25, -0.2) is 0 Å². The Morgan fingerprint density at radius 2 is 1.74 bits per heavy atom. The number of rotatable bonds is 8. The Morgan fingerprint density at radius 3 is 2.32 bits per heavy atom. The second-order valence-corrected chi connectivity index (χ2v) is 5.02. The Bertz CT molecular complexity index is 385. The molecule has 0 spiro atoms. The standard InChI is InChI=1S/C15H25NO3/c1-5-18-13-8-7-12(11-14(13)19-6-2)16-10-9-15(3,4)17/h7-8,11,16-17H,5-6,9-10H2,1-4H3. The summed E-state index contributed by atoms with van der Waals surface area (Å²) in [5.41, 5.74) is 0.317. The zero-order valence-electron chi connectivity index (χ0n) is 12.3. The number of nitrogens with one attached hydrogen (secondary N) is 1. The van der Waals surface area contributed by atoms with E-state index in [-0.39, 0.29) is 0 Å². The molecule has 1 rings (SSSR count). The first-order valence-electron chi connectivity index (χ1n) is 6.82. The van der Waals surface area contributed by atoms with E-state index in [0.717, 1.165) is 17.2 Å². The summed E-state index contributed by atoms with van der Waals surface area (Å²) >= 11 is 0. The molecule has 1 aromatic carbocycles. The van der Waals surface area contributed by atoms with Crippen LogP contribution in [-0.2, 0) is 0 Å². The fourth-order valence-electron chi connectivity index (χ4n) is 1.67. The van der Waals surface area contributed by atoms with E-state index in [2.05, 4.69) is 5.32 Å². The van der Waals surface area contributed by atoms with Crippen molar-refractivity contribution in [3.8, 4) is 11.5 Å². The zero-order chi connectivity index (χ0) is 14.3. The third-order valence-corrected chi connectivity index (χ3v) is 2.61. The van der Waals surface area contributed by atoms with Gasteiger partial charge in [0.05, 0.1) is 18.8 Å². The second kappa shape index (κ2) is 7.24. The number of anilines is 1.